The number of hydrogen-bond acceptors (Lipinski definition) is 2. The third kappa shape index (κ3) is 4.06. The minimum atomic E-state index is 0.841. The Morgan fingerprint density at radius 2 is 2.20 bits per heavy atom. The summed E-state index contributed by atoms with van der Waals surface area (Å²) in [5, 5.41) is 4.02. The minimum Gasteiger partial charge on any atom is -0.316 e. The molecule has 0 saturated carbocycles. The number of unbranched alkanes of at least 4 members (excludes halogenated alkanes) is 1. The summed E-state index contributed by atoms with van der Waals surface area (Å²) in [4.78, 5) is 1.31. The highest BCUT2D eigenvalue weighted by atomic mass is 35.5. The van der Waals surface area contributed by atoms with Crippen LogP contribution in [0, 0.1) is 0 Å². The maximum atomic E-state index is 6.17. The molecule has 1 rings (SSSR count). The van der Waals surface area contributed by atoms with Gasteiger partial charge in [0.05, 0.1) is 0 Å². The average Bonchev–Trinajstić information content (AvgIpc) is 2.23. The van der Waals surface area contributed by atoms with Gasteiger partial charge >= 0.3 is 0 Å². The second kappa shape index (κ2) is 7.15. The zero-order valence-corrected chi connectivity index (χ0v) is 10.9. The number of thioether (sulfide) groups is 1. The standard InChI is InChI=1S/C12H18ClNS/c1-3-4-8-15-12-7-5-6-11(13)10(12)9-14-2/h5-7,14H,3-4,8-9H2,1-2H3. The zero-order chi connectivity index (χ0) is 11.1. The normalized spacial score (nSPS) is 10.6. The Balaban J connectivity index is 2.71. The van der Waals surface area contributed by atoms with Crippen LogP contribution in [0.2, 0.25) is 5.02 Å². The van der Waals surface area contributed by atoms with E-state index in [1.807, 2.05) is 30.9 Å². The smallest absolute Gasteiger partial charge is 0.0462 e. The van der Waals surface area contributed by atoms with Gasteiger partial charge in [0.15, 0.2) is 0 Å². The van der Waals surface area contributed by atoms with Gasteiger partial charge in [0.25, 0.3) is 0 Å². The van der Waals surface area contributed by atoms with Crippen LogP contribution < -0.4 is 5.32 Å². The van der Waals surface area contributed by atoms with E-state index in [2.05, 4.69) is 18.3 Å². The molecule has 0 aliphatic rings. The molecule has 0 aliphatic carbocycles. The Labute approximate surface area is 102 Å². The lowest BCUT2D eigenvalue weighted by Crippen LogP contribution is -2.06. The molecule has 0 bridgehead atoms. The first-order chi connectivity index (χ1) is 7.29. The summed E-state index contributed by atoms with van der Waals surface area (Å²) in [6.07, 6.45) is 2.51. The number of halogens is 1. The summed E-state index contributed by atoms with van der Waals surface area (Å²) in [6.45, 7) is 3.06. The van der Waals surface area contributed by atoms with Crippen LogP contribution in [-0.4, -0.2) is 12.8 Å². The summed E-state index contributed by atoms with van der Waals surface area (Å²) in [5.41, 5.74) is 1.22. The second-order valence-electron chi connectivity index (χ2n) is 3.45. The van der Waals surface area contributed by atoms with E-state index >= 15 is 0 Å². The lowest BCUT2D eigenvalue weighted by atomic mass is 10.2. The van der Waals surface area contributed by atoms with Gasteiger partial charge in [0, 0.05) is 16.5 Å². The van der Waals surface area contributed by atoms with Gasteiger partial charge in [-0.15, -0.1) is 11.8 Å². The van der Waals surface area contributed by atoms with Crippen LogP contribution in [0.5, 0.6) is 0 Å². The van der Waals surface area contributed by atoms with E-state index in [1.165, 1.54) is 29.1 Å². The second-order valence-corrected chi connectivity index (χ2v) is 4.99. The molecule has 15 heavy (non-hydrogen) atoms. The average molecular weight is 244 g/mol. The van der Waals surface area contributed by atoms with Gasteiger partial charge in [-0.3, -0.25) is 0 Å². The molecule has 1 nitrogen and oxygen atoms in total. The molecular formula is C12H18ClNS. The van der Waals surface area contributed by atoms with Gasteiger partial charge < -0.3 is 5.32 Å². The number of nitrogens with one attached hydrogen (secondary N) is 1. The molecule has 3 heteroatoms. The molecule has 0 aliphatic heterocycles. The third-order valence-electron chi connectivity index (χ3n) is 2.18. The molecule has 0 amide bonds. The summed E-state index contributed by atoms with van der Waals surface area (Å²) >= 11 is 8.07. The Morgan fingerprint density at radius 3 is 2.87 bits per heavy atom. The van der Waals surface area contributed by atoms with Crippen LogP contribution in [0.1, 0.15) is 25.3 Å². The van der Waals surface area contributed by atoms with Crippen molar-refractivity contribution in [1.82, 2.24) is 5.32 Å². The number of benzene rings is 1. The van der Waals surface area contributed by atoms with Crippen molar-refractivity contribution in [2.75, 3.05) is 12.8 Å². The Hall–Kier alpha value is -0.180. The van der Waals surface area contributed by atoms with E-state index in [9.17, 15) is 0 Å². The van der Waals surface area contributed by atoms with Crippen molar-refractivity contribution in [3.8, 4) is 0 Å². The first-order valence-electron chi connectivity index (χ1n) is 5.34. The third-order valence-corrected chi connectivity index (χ3v) is 3.73. The maximum absolute atomic E-state index is 6.17. The lowest BCUT2D eigenvalue weighted by Gasteiger charge is -2.10. The van der Waals surface area contributed by atoms with Gasteiger partial charge in [-0.25, -0.2) is 0 Å². The summed E-state index contributed by atoms with van der Waals surface area (Å²) in [7, 11) is 1.95. The highest BCUT2D eigenvalue weighted by molar-refractivity contribution is 7.99. The maximum Gasteiger partial charge on any atom is 0.0462 e. The molecule has 0 radical (unpaired) electrons. The van der Waals surface area contributed by atoms with E-state index in [1.54, 1.807) is 0 Å². The molecule has 0 atom stereocenters. The van der Waals surface area contributed by atoms with Crippen LogP contribution in [0.3, 0.4) is 0 Å². The fourth-order valence-electron chi connectivity index (χ4n) is 1.35. The van der Waals surface area contributed by atoms with Gasteiger partial charge in [0.1, 0.15) is 0 Å². The first kappa shape index (κ1) is 12.9. The summed E-state index contributed by atoms with van der Waals surface area (Å²) in [5.74, 6) is 1.17. The Bertz CT molecular complexity index is 302. The van der Waals surface area contributed by atoms with Gasteiger partial charge in [-0.2, -0.15) is 0 Å². The predicted molar refractivity (Wildman–Crippen MR) is 69.8 cm³/mol. The van der Waals surface area contributed by atoms with Crippen molar-refractivity contribution in [3.05, 3.63) is 28.8 Å². The predicted octanol–water partition coefficient (Wildman–Crippen LogP) is 3.95. The molecule has 0 fully saturated rings. The fourth-order valence-corrected chi connectivity index (χ4v) is 2.83. The summed E-state index contributed by atoms with van der Waals surface area (Å²) in [6, 6.07) is 6.13. The van der Waals surface area contributed by atoms with Gasteiger partial charge in [0.2, 0.25) is 0 Å². The molecule has 1 N–H and O–H groups in total. The van der Waals surface area contributed by atoms with Crippen molar-refractivity contribution >= 4 is 23.4 Å². The molecule has 1 aromatic carbocycles. The molecule has 84 valence electrons. The van der Waals surface area contributed by atoms with Gasteiger partial charge in [-0.1, -0.05) is 31.0 Å². The van der Waals surface area contributed by atoms with Crippen molar-refractivity contribution in [2.24, 2.45) is 0 Å². The van der Waals surface area contributed by atoms with E-state index in [0.717, 1.165) is 11.6 Å². The largest absolute Gasteiger partial charge is 0.316 e. The zero-order valence-electron chi connectivity index (χ0n) is 9.35. The van der Waals surface area contributed by atoms with E-state index in [4.69, 9.17) is 11.6 Å². The number of rotatable bonds is 6. The lowest BCUT2D eigenvalue weighted by molar-refractivity contribution is 0.803. The van der Waals surface area contributed by atoms with E-state index in [0.29, 0.717) is 0 Å². The van der Waals surface area contributed by atoms with Crippen LogP contribution in [-0.2, 0) is 6.54 Å². The quantitative estimate of drug-likeness (QED) is 0.600. The van der Waals surface area contributed by atoms with Crippen LogP contribution in [0.25, 0.3) is 0 Å². The highest BCUT2D eigenvalue weighted by Gasteiger charge is 2.05. The van der Waals surface area contributed by atoms with E-state index < -0.39 is 0 Å². The monoisotopic (exact) mass is 243 g/mol. The van der Waals surface area contributed by atoms with Crippen molar-refractivity contribution in [1.29, 1.82) is 0 Å². The molecule has 0 unspecified atom stereocenters. The fraction of sp³-hybridized carbons (Fsp3) is 0.500. The Morgan fingerprint density at radius 1 is 1.40 bits per heavy atom. The van der Waals surface area contributed by atoms with Crippen LogP contribution >= 0.6 is 23.4 Å². The first-order valence-corrected chi connectivity index (χ1v) is 6.70. The van der Waals surface area contributed by atoms with Crippen molar-refractivity contribution < 1.29 is 0 Å². The van der Waals surface area contributed by atoms with Crippen molar-refractivity contribution in [3.63, 3.8) is 0 Å². The summed E-state index contributed by atoms with van der Waals surface area (Å²) < 4.78 is 0. The SMILES string of the molecule is CCCCSc1cccc(Cl)c1CNC. The van der Waals surface area contributed by atoms with Gasteiger partial charge in [-0.05, 0) is 36.9 Å². The highest BCUT2D eigenvalue weighted by Crippen LogP contribution is 2.28. The molecule has 1 aromatic rings. The molecule has 0 aromatic heterocycles. The van der Waals surface area contributed by atoms with Crippen LogP contribution in [0.15, 0.2) is 23.1 Å². The molecule has 0 spiro atoms. The van der Waals surface area contributed by atoms with Crippen LogP contribution in [0.4, 0.5) is 0 Å². The van der Waals surface area contributed by atoms with Crippen molar-refractivity contribution in [2.45, 2.75) is 31.2 Å². The van der Waals surface area contributed by atoms with E-state index in [-0.39, 0.29) is 0 Å². The molecule has 0 saturated heterocycles. The molecule has 0 heterocycles. The number of hydrogen-bond donors (Lipinski definition) is 1. The topological polar surface area (TPSA) is 12.0 Å². The molecular weight excluding hydrogens is 226 g/mol. The minimum absolute atomic E-state index is 0.841. The Kier molecular flexibility index (Phi) is 6.15.